The number of halogens is 3. The number of thiophene rings is 1. The van der Waals surface area contributed by atoms with Gasteiger partial charge in [0.05, 0.1) is 8.61 Å². The summed E-state index contributed by atoms with van der Waals surface area (Å²) in [4.78, 5) is 2.06. The first kappa shape index (κ1) is 13.8. The Morgan fingerprint density at radius 1 is 1.05 bits per heavy atom. The molecule has 0 aliphatic heterocycles. The molecule has 1 aromatic rings. The standard InChI is InChI=1S/C15H17Br3S/c16-11-4-12(19-14(11)18)13(17)15-5-8-1-9(6-15)3-10(2-8)7-15/h4,8-10,13H,1-3,5-7H2. The van der Waals surface area contributed by atoms with E-state index >= 15 is 0 Å². The molecule has 4 bridgehead atoms. The summed E-state index contributed by atoms with van der Waals surface area (Å²) in [6.07, 6.45) is 8.95. The smallest absolute Gasteiger partial charge is 0.0843 e. The highest BCUT2D eigenvalue weighted by Crippen LogP contribution is 2.66. The number of rotatable bonds is 2. The maximum absolute atomic E-state index is 4.09. The van der Waals surface area contributed by atoms with E-state index in [1.54, 1.807) is 0 Å². The first-order valence-electron chi connectivity index (χ1n) is 7.14. The van der Waals surface area contributed by atoms with Gasteiger partial charge in [0, 0.05) is 9.35 Å². The second-order valence-corrected chi connectivity index (χ2v) is 11.1. The van der Waals surface area contributed by atoms with Crippen LogP contribution < -0.4 is 0 Å². The molecule has 4 heteroatoms. The van der Waals surface area contributed by atoms with Crippen LogP contribution in [0.5, 0.6) is 0 Å². The maximum Gasteiger partial charge on any atom is 0.0843 e. The quantitative estimate of drug-likeness (QED) is 0.413. The Bertz CT molecular complexity index is 453. The van der Waals surface area contributed by atoms with Crippen LogP contribution in [-0.2, 0) is 0 Å². The molecular formula is C15H17Br3S. The predicted octanol–water partition coefficient (Wildman–Crippen LogP) is 6.93. The summed E-state index contributed by atoms with van der Waals surface area (Å²) in [5.74, 6) is 3.08. The van der Waals surface area contributed by atoms with Crippen molar-refractivity contribution in [2.45, 2.75) is 43.4 Å². The van der Waals surface area contributed by atoms with Gasteiger partial charge in [-0.25, -0.2) is 0 Å². The summed E-state index contributed by atoms with van der Waals surface area (Å²) in [7, 11) is 0. The fourth-order valence-corrected chi connectivity index (χ4v) is 8.46. The second kappa shape index (κ2) is 4.82. The van der Waals surface area contributed by atoms with E-state index in [-0.39, 0.29) is 0 Å². The minimum Gasteiger partial charge on any atom is -0.131 e. The lowest BCUT2D eigenvalue weighted by molar-refractivity contribution is -0.0524. The third-order valence-electron chi connectivity index (χ3n) is 5.54. The first-order chi connectivity index (χ1) is 9.06. The van der Waals surface area contributed by atoms with E-state index in [1.807, 2.05) is 11.3 Å². The Morgan fingerprint density at radius 2 is 1.58 bits per heavy atom. The van der Waals surface area contributed by atoms with Crippen LogP contribution in [0.15, 0.2) is 14.3 Å². The van der Waals surface area contributed by atoms with Crippen molar-refractivity contribution in [2.24, 2.45) is 23.2 Å². The second-order valence-electron chi connectivity index (χ2n) is 6.91. The molecule has 0 saturated heterocycles. The van der Waals surface area contributed by atoms with Gasteiger partial charge < -0.3 is 0 Å². The van der Waals surface area contributed by atoms with E-state index in [4.69, 9.17) is 0 Å². The monoisotopic (exact) mass is 466 g/mol. The van der Waals surface area contributed by atoms with E-state index in [1.165, 1.54) is 51.7 Å². The number of alkyl halides is 1. The molecule has 4 aliphatic rings. The van der Waals surface area contributed by atoms with Crippen molar-refractivity contribution in [2.75, 3.05) is 0 Å². The lowest BCUT2D eigenvalue weighted by atomic mass is 9.49. The molecule has 0 amide bonds. The molecule has 4 aliphatic carbocycles. The summed E-state index contributed by atoms with van der Waals surface area (Å²) < 4.78 is 2.44. The average molecular weight is 469 g/mol. The van der Waals surface area contributed by atoms with Gasteiger partial charge in [-0.3, -0.25) is 0 Å². The van der Waals surface area contributed by atoms with Crippen molar-refractivity contribution in [3.05, 3.63) is 19.2 Å². The van der Waals surface area contributed by atoms with Gasteiger partial charge in [0.1, 0.15) is 0 Å². The molecule has 1 unspecified atom stereocenters. The summed E-state index contributed by atoms with van der Waals surface area (Å²) in [6.45, 7) is 0. The topological polar surface area (TPSA) is 0 Å². The van der Waals surface area contributed by atoms with Gasteiger partial charge in [-0.15, -0.1) is 11.3 Å². The Morgan fingerprint density at radius 3 is 2.00 bits per heavy atom. The molecule has 4 fully saturated rings. The van der Waals surface area contributed by atoms with Crippen LogP contribution in [0.2, 0.25) is 0 Å². The zero-order valence-corrected chi connectivity index (χ0v) is 16.2. The van der Waals surface area contributed by atoms with Gasteiger partial charge >= 0.3 is 0 Å². The highest BCUT2D eigenvalue weighted by molar-refractivity contribution is 9.13. The minimum absolute atomic E-state index is 0.554. The van der Waals surface area contributed by atoms with Gasteiger partial charge in [0.2, 0.25) is 0 Å². The van der Waals surface area contributed by atoms with Crippen LogP contribution in [0.1, 0.15) is 48.2 Å². The molecule has 19 heavy (non-hydrogen) atoms. The van der Waals surface area contributed by atoms with Crippen LogP contribution in [0.25, 0.3) is 0 Å². The molecule has 0 aromatic carbocycles. The maximum atomic E-state index is 4.09. The lowest BCUT2D eigenvalue weighted by Crippen LogP contribution is -2.47. The third-order valence-corrected chi connectivity index (χ3v) is 10.6. The van der Waals surface area contributed by atoms with E-state index in [2.05, 4.69) is 53.9 Å². The van der Waals surface area contributed by atoms with E-state index in [0.717, 1.165) is 17.8 Å². The largest absolute Gasteiger partial charge is 0.131 e. The van der Waals surface area contributed by atoms with Crippen molar-refractivity contribution in [1.82, 2.24) is 0 Å². The van der Waals surface area contributed by atoms with Crippen LogP contribution >= 0.6 is 59.1 Å². The Balaban J connectivity index is 1.67. The summed E-state index contributed by atoms with van der Waals surface area (Å²) in [6, 6.07) is 2.31. The molecule has 0 N–H and O–H groups in total. The lowest BCUT2D eigenvalue weighted by Gasteiger charge is -2.58. The summed E-state index contributed by atoms with van der Waals surface area (Å²) in [5, 5.41) is 0. The molecule has 1 atom stereocenters. The van der Waals surface area contributed by atoms with Crippen molar-refractivity contribution in [3.8, 4) is 0 Å². The summed E-state index contributed by atoms with van der Waals surface area (Å²) >= 11 is 13.3. The van der Waals surface area contributed by atoms with Crippen molar-refractivity contribution < 1.29 is 0 Å². The van der Waals surface area contributed by atoms with Crippen molar-refractivity contribution in [1.29, 1.82) is 0 Å². The SMILES string of the molecule is Brc1cc(C(Br)C23CC4CC(CC(C4)C2)C3)sc1Br. The van der Waals surface area contributed by atoms with Crippen molar-refractivity contribution >= 4 is 59.1 Å². The highest BCUT2D eigenvalue weighted by atomic mass is 79.9. The molecule has 0 radical (unpaired) electrons. The molecule has 104 valence electrons. The van der Waals surface area contributed by atoms with Gasteiger partial charge in [0.25, 0.3) is 0 Å². The number of hydrogen-bond donors (Lipinski definition) is 0. The molecule has 1 heterocycles. The Labute approximate surface area is 144 Å². The minimum atomic E-state index is 0.554. The van der Waals surface area contributed by atoms with Gasteiger partial charge in [-0.05, 0) is 99.6 Å². The van der Waals surface area contributed by atoms with Crippen LogP contribution in [-0.4, -0.2) is 0 Å². The fraction of sp³-hybridized carbons (Fsp3) is 0.733. The molecule has 5 rings (SSSR count). The van der Waals surface area contributed by atoms with Crippen LogP contribution in [0.4, 0.5) is 0 Å². The molecule has 1 aromatic heterocycles. The van der Waals surface area contributed by atoms with Gasteiger partial charge in [-0.2, -0.15) is 0 Å². The highest BCUT2D eigenvalue weighted by Gasteiger charge is 2.54. The molecule has 0 spiro atoms. The van der Waals surface area contributed by atoms with Crippen molar-refractivity contribution in [3.63, 3.8) is 0 Å². The van der Waals surface area contributed by atoms with Crippen LogP contribution in [0, 0.1) is 23.2 Å². The summed E-state index contributed by atoms with van der Waals surface area (Å²) in [5.41, 5.74) is 0.554. The van der Waals surface area contributed by atoms with E-state index < -0.39 is 0 Å². The predicted molar refractivity (Wildman–Crippen MR) is 92.0 cm³/mol. The first-order valence-corrected chi connectivity index (χ1v) is 10.5. The number of hydrogen-bond acceptors (Lipinski definition) is 1. The third kappa shape index (κ3) is 2.24. The molecule has 4 saturated carbocycles. The Hall–Kier alpha value is 1.14. The van der Waals surface area contributed by atoms with Gasteiger partial charge in [0.15, 0.2) is 0 Å². The zero-order chi connectivity index (χ0) is 13.2. The average Bonchev–Trinajstić information content (AvgIpc) is 2.67. The fourth-order valence-electron chi connectivity index (χ4n) is 5.28. The normalized spacial score (nSPS) is 41.7. The van der Waals surface area contributed by atoms with E-state index in [9.17, 15) is 0 Å². The van der Waals surface area contributed by atoms with Gasteiger partial charge in [-0.1, -0.05) is 15.9 Å². The van der Waals surface area contributed by atoms with E-state index in [0.29, 0.717) is 10.2 Å². The van der Waals surface area contributed by atoms with Crippen LogP contribution in [0.3, 0.4) is 0 Å². The molecular weight excluding hydrogens is 452 g/mol. The molecule has 0 nitrogen and oxygen atoms in total. The Kier molecular flexibility index (Phi) is 3.50. The zero-order valence-electron chi connectivity index (χ0n) is 10.7.